The van der Waals surface area contributed by atoms with Gasteiger partial charge in [0.1, 0.15) is 0 Å². The van der Waals surface area contributed by atoms with Gasteiger partial charge >= 0.3 is 6.03 Å². The number of carbonyl (C=O) groups is 1. The smallest absolute Gasteiger partial charge is 0.317 e. The zero-order chi connectivity index (χ0) is 12.1. The molecule has 0 radical (unpaired) electrons. The average Bonchev–Trinajstić information content (AvgIpc) is 2.68. The van der Waals surface area contributed by atoms with E-state index in [1.807, 2.05) is 11.8 Å². The maximum absolute atomic E-state index is 11.7. The van der Waals surface area contributed by atoms with Crippen LogP contribution in [0.4, 0.5) is 4.79 Å². The monoisotopic (exact) mass is 226 g/mol. The molecule has 2 amide bonds. The van der Waals surface area contributed by atoms with Gasteiger partial charge in [-0.2, -0.15) is 0 Å². The van der Waals surface area contributed by atoms with Crippen LogP contribution in [-0.4, -0.2) is 30.6 Å². The van der Waals surface area contributed by atoms with Crippen molar-refractivity contribution in [3.8, 4) is 0 Å². The lowest BCUT2D eigenvalue weighted by Gasteiger charge is -2.26. The molecule has 1 N–H and O–H groups in total. The van der Waals surface area contributed by atoms with E-state index in [0.717, 1.165) is 31.5 Å². The number of nitrogens with one attached hydrogen (secondary N) is 1. The van der Waals surface area contributed by atoms with Crippen molar-refractivity contribution in [2.75, 3.05) is 19.6 Å². The van der Waals surface area contributed by atoms with E-state index in [9.17, 15) is 4.79 Å². The Balaban J connectivity index is 2.48. The highest BCUT2D eigenvalue weighted by atomic mass is 16.2. The molecule has 3 nitrogen and oxygen atoms in total. The van der Waals surface area contributed by atoms with Crippen molar-refractivity contribution >= 4 is 6.03 Å². The van der Waals surface area contributed by atoms with E-state index in [1.54, 1.807) is 0 Å². The number of nitrogens with zero attached hydrogens (tertiary/aromatic N) is 1. The van der Waals surface area contributed by atoms with Gasteiger partial charge in [0.05, 0.1) is 0 Å². The van der Waals surface area contributed by atoms with Gasteiger partial charge in [-0.25, -0.2) is 4.79 Å². The third kappa shape index (κ3) is 3.13. The number of likely N-dealkylation sites (tertiary alicyclic amines) is 1. The summed E-state index contributed by atoms with van der Waals surface area (Å²) in [6.45, 7) is 11.4. The molecule has 0 aromatic carbocycles. The van der Waals surface area contributed by atoms with Crippen molar-refractivity contribution < 1.29 is 4.79 Å². The van der Waals surface area contributed by atoms with Crippen LogP contribution in [0.5, 0.6) is 0 Å². The molecule has 0 saturated carbocycles. The molecule has 3 heteroatoms. The van der Waals surface area contributed by atoms with Crippen LogP contribution in [-0.2, 0) is 0 Å². The van der Waals surface area contributed by atoms with E-state index >= 15 is 0 Å². The molecule has 1 heterocycles. The summed E-state index contributed by atoms with van der Waals surface area (Å²) in [5.41, 5.74) is 0. The third-order valence-corrected chi connectivity index (χ3v) is 3.77. The molecule has 0 aromatic heterocycles. The molecule has 1 saturated heterocycles. The molecule has 1 aliphatic heterocycles. The maximum atomic E-state index is 11.7. The van der Waals surface area contributed by atoms with Gasteiger partial charge in [-0.1, -0.05) is 27.2 Å². The van der Waals surface area contributed by atoms with Crippen LogP contribution in [0.2, 0.25) is 0 Å². The van der Waals surface area contributed by atoms with E-state index in [1.165, 1.54) is 12.8 Å². The van der Waals surface area contributed by atoms with E-state index in [4.69, 9.17) is 0 Å². The van der Waals surface area contributed by atoms with Gasteiger partial charge in [-0.3, -0.25) is 0 Å². The maximum Gasteiger partial charge on any atom is 0.317 e. The fourth-order valence-corrected chi connectivity index (χ4v) is 2.93. The van der Waals surface area contributed by atoms with Crippen molar-refractivity contribution in [1.82, 2.24) is 10.2 Å². The van der Waals surface area contributed by atoms with Crippen LogP contribution in [0.3, 0.4) is 0 Å². The summed E-state index contributed by atoms with van der Waals surface area (Å²) in [6, 6.07) is 0.114. The van der Waals surface area contributed by atoms with Gasteiger partial charge in [0.15, 0.2) is 0 Å². The quantitative estimate of drug-likeness (QED) is 0.785. The normalized spacial score (nSPS) is 22.6. The van der Waals surface area contributed by atoms with Gasteiger partial charge in [0, 0.05) is 19.6 Å². The van der Waals surface area contributed by atoms with Gasteiger partial charge < -0.3 is 10.2 Å². The minimum Gasteiger partial charge on any atom is -0.338 e. The van der Waals surface area contributed by atoms with Crippen LogP contribution in [0.15, 0.2) is 0 Å². The first-order valence-electron chi connectivity index (χ1n) is 6.62. The molecule has 0 aromatic rings. The highest BCUT2D eigenvalue weighted by Gasteiger charge is 2.31. The van der Waals surface area contributed by atoms with E-state index in [-0.39, 0.29) is 6.03 Å². The van der Waals surface area contributed by atoms with E-state index in [2.05, 4.69) is 26.1 Å². The molecule has 1 unspecified atom stereocenters. The molecule has 1 aliphatic rings. The summed E-state index contributed by atoms with van der Waals surface area (Å²) in [7, 11) is 0. The first kappa shape index (κ1) is 13.3. The Hall–Kier alpha value is -0.730. The van der Waals surface area contributed by atoms with E-state index in [0.29, 0.717) is 5.92 Å². The second kappa shape index (κ2) is 6.12. The Bertz CT molecular complexity index is 228. The van der Waals surface area contributed by atoms with Crippen molar-refractivity contribution in [3.63, 3.8) is 0 Å². The fraction of sp³-hybridized carbons (Fsp3) is 0.923. The topological polar surface area (TPSA) is 32.3 Å². The zero-order valence-electron chi connectivity index (χ0n) is 11.1. The number of urea groups is 1. The summed E-state index contributed by atoms with van der Waals surface area (Å²) in [6.07, 6.45) is 2.40. The number of amides is 2. The summed E-state index contributed by atoms with van der Waals surface area (Å²) < 4.78 is 0. The summed E-state index contributed by atoms with van der Waals surface area (Å²) in [5, 5.41) is 2.88. The molecule has 2 atom stereocenters. The minimum atomic E-state index is 0.114. The predicted molar refractivity (Wildman–Crippen MR) is 67.4 cm³/mol. The first-order chi connectivity index (χ1) is 7.60. The van der Waals surface area contributed by atoms with Gasteiger partial charge in [0.25, 0.3) is 0 Å². The SMILES string of the molecule is CCNC(=O)N1CC[C@H](C(CC)C(C)C)C1. The number of carbonyl (C=O) groups excluding carboxylic acids is 1. The van der Waals surface area contributed by atoms with Crippen molar-refractivity contribution in [1.29, 1.82) is 0 Å². The van der Waals surface area contributed by atoms with E-state index < -0.39 is 0 Å². The van der Waals surface area contributed by atoms with Crippen molar-refractivity contribution in [2.45, 2.75) is 40.5 Å². The third-order valence-electron chi connectivity index (χ3n) is 3.77. The Morgan fingerprint density at radius 1 is 1.44 bits per heavy atom. The van der Waals surface area contributed by atoms with Crippen LogP contribution < -0.4 is 5.32 Å². The summed E-state index contributed by atoms with van der Waals surface area (Å²) in [5.74, 6) is 2.19. The lowest BCUT2D eigenvalue weighted by atomic mass is 9.81. The van der Waals surface area contributed by atoms with Gasteiger partial charge in [0.2, 0.25) is 0 Å². The number of rotatable bonds is 4. The lowest BCUT2D eigenvalue weighted by Crippen LogP contribution is -2.38. The second-order valence-electron chi connectivity index (χ2n) is 5.15. The molecular formula is C13H26N2O. The Morgan fingerprint density at radius 2 is 2.12 bits per heavy atom. The van der Waals surface area contributed by atoms with Gasteiger partial charge in [-0.15, -0.1) is 0 Å². The fourth-order valence-electron chi connectivity index (χ4n) is 2.93. The molecule has 1 rings (SSSR count). The van der Waals surface area contributed by atoms with Crippen LogP contribution in [0.1, 0.15) is 40.5 Å². The molecular weight excluding hydrogens is 200 g/mol. The lowest BCUT2D eigenvalue weighted by molar-refractivity contribution is 0.199. The second-order valence-corrected chi connectivity index (χ2v) is 5.15. The number of hydrogen-bond acceptors (Lipinski definition) is 1. The predicted octanol–water partition coefficient (Wildman–Crippen LogP) is 2.72. The summed E-state index contributed by atoms with van der Waals surface area (Å²) >= 11 is 0. The standard InChI is InChI=1S/C13H26N2O/c1-5-12(10(3)4)11-7-8-15(9-11)13(16)14-6-2/h10-12H,5-9H2,1-4H3,(H,14,16)/t11-,12?/m0/s1. The Morgan fingerprint density at radius 3 is 2.62 bits per heavy atom. The highest BCUT2D eigenvalue weighted by molar-refractivity contribution is 5.74. The molecule has 0 bridgehead atoms. The number of hydrogen-bond donors (Lipinski definition) is 1. The average molecular weight is 226 g/mol. The molecule has 0 aliphatic carbocycles. The Labute approximate surface area is 99.6 Å². The molecule has 0 spiro atoms. The van der Waals surface area contributed by atoms with Crippen molar-refractivity contribution in [2.24, 2.45) is 17.8 Å². The molecule has 1 fully saturated rings. The summed E-state index contributed by atoms with van der Waals surface area (Å²) in [4.78, 5) is 13.7. The largest absolute Gasteiger partial charge is 0.338 e. The Kier molecular flexibility index (Phi) is 5.10. The zero-order valence-corrected chi connectivity index (χ0v) is 11.1. The van der Waals surface area contributed by atoms with Crippen LogP contribution >= 0.6 is 0 Å². The van der Waals surface area contributed by atoms with Crippen molar-refractivity contribution in [3.05, 3.63) is 0 Å². The highest BCUT2D eigenvalue weighted by Crippen LogP contribution is 2.31. The molecule has 16 heavy (non-hydrogen) atoms. The van der Waals surface area contributed by atoms with Crippen LogP contribution in [0, 0.1) is 17.8 Å². The van der Waals surface area contributed by atoms with Crippen LogP contribution in [0.25, 0.3) is 0 Å². The minimum absolute atomic E-state index is 0.114. The first-order valence-corrected chi connectivity index (χ1v) is 6.62. The van der Waals surface area contributed by atoms with Gasteiger partial charge in [-0.05, 0) is 31.1 Å². The molecule has 94 valence electrons.